The minimum absolute atomic E-state index is 0.0525. The van der Waals surface area contributed by atoms with E-state index in [0.29, 0.717) is 23.7 Å². The average Bonchev–Trinajstić information content (AvgIpc) is 2.77. The first-order chi connectivity index (χ1) is 15.2. The lowest BCUT2D eigenvalue weighted by atomic mass is 10.1. The van der Waals surface area contributed by atoms with Crippen LogP contribution in [0.2, 0.25) is 5.02 Å². The molecule has 32 heavy (non-hydrogen) atoms. The van der Waals surface area contributed by atoms with Crippen molar-refractivity contribution in [3.8, 4) is 0 Å². The highest BCUT2D eigenvalue weighted by atomic mass is 35.5. The van der Waals surface area contributed by atoms with Gasteiger partial charge in [0.05, 0.1) is 11.3 Å². The molecule has 0 spiro atoms. The first kappa shape index (κ1) is 25.5. The maximum Gasteiger partial charge on any atom is 0.306 e. The Labute approximate surface area is 192 Å². The molecule has 0 aliphatic carbocycles. The molecule has 1 N–H and O–H groups in total. The Bertz CT molecular complexity index is 1070. The van der Waals surface area contributed by atoms with Gasteiger partial charge in [0.15, 0.2) is 12.4 Å². The van der Waals surface area contributed by atoms with Crippen molar-refractivity contribution < 1.29 is 27.5 Å². The SMILES string of the molecule is CCN(CC)S(=O)(=O)c1cccc(NC(=O)COC(=O)CCC(=O)c2ccc(Cl)cc2)c1. The van der Waals surface area contributed by atoms with Gasteiger partial charge in [-0.05, 0) is 42.5 Å². The van der Waals surface area contributed by atoms with E-state index in [9.17, 15) is 22.8 Å². The van der Waals surface area contributed by atoms with Crippen molar-refractivity contribution >= 4 is 45.0 Å². The third kappa shape index (κ3) is 7.15. The Hall–Kier alpha value is -2.75. The largest absolute Gasteiger partial charge is 0.456 e. The molecule has 10 heteroatoms. The fourth-order valence-electron chi connectivity index (χ4n) is 2.86. The highest BCUT2D eigenvalue weighted by Gasteiger charge is 2.22. The molecule has 0 heterocycles. The number of esters is 1. The number of anilines is 1. The van der Waals surface area contributed by atoms with Gasteiger partial charge in [-0.2, -0.15) is 4.31 Å². The zero-order valence-electron chi connectivity index (χ0n) is 17.8. The first-order valence-electron chi connectivity index (χ1n) is 10.0. The second-order valence-corrected chi connectivity index (χ2v) is 9.13. The minimum atomic E-state index is -3.67. The summed E-state index contributed by atoms with van der Waals surface area (Å²) in [5, 5.41) is 3.01. The summed E-state index contributed by atoms with van der Waals surface area (Å²) in [5.41, 5.74) is 0.691. The Morgan fingerprint density at radius 1 is 1.00 bits per heavy atom. The van der Waals surface area contributed by atoms with E-state index in [0.717, 1.165) is 0 Å². The minimum Gasteiger partial charge on any atom is -0.456 e. The summed E-state index contributed by atoms with van der Waals surface area (Å²) in [7, 11) is -3.67. The van der Waals surface area contributed by atoms with Gasteiger partial charge in [0.2, 0.25) is 10.0 Å². The topological polar surface area (TPSA) is 110 Å². The van der Waals surface area contributed by atoms with Gasteiger partial charge in [0.1, 0.15) is 0 Å². The van der Waals surface area contributed by atoms with Crippen LogP contribution >= 0.6 is 11.6 Å². The molecule has 0 unspecified atom stereocenters. The molecule has 2 rings (SSSR count). The fourth-order valence-corrected chi connectivity index (χ4v) is 4.49. The number of nitrogens with zero attached hydrogens (tertiary/aromatic N) is 1. The van der Waals surface area contributed by atoms with Crippen LogP contribution in [-0.4, -0.2) is 50.1 Å². The van der Waals surface area contributed by atoms with Crippen molar-refractivity contribution in [3.05, 3.63) is 59.1 Å². The molecular formula is C22H25ClN2O6S. The van der Waals surface area contributed by atoms with Crippen molar-refractivity contribution in [3.63, 3.8) is 0 Å². The Morgan fingerprint density at radius 2 is 1.66 bits per heavy atom. The maximum atomic E-state index is 12.6. The van der Waals surface area contributed by atoms with Crippen LogP contribution in [0.5, 0.6) is 0 Å². The van der Waals surface area contributed by atoms with Gasteiger partial charge in [-0.15, -0.1) is 0 Å². The second-order valence-electron chi connectivity index (χ2n) is 6.76. The summed E-state index contributed by atoms with van der Waals surface area (Å²) in [5.74, 6) is -1.56. The average molecular weight is 481 g/mol. The standard InChI is InChI=1S/C22H25ClN2O6S/c1-3-25(4-2)32(29,30)19-7-5-6-18(14-19)24-21(27)15-31-22(28)13-12-20(26)16-8-10-17(23)11-9-16/h5-11,14H,3-4,12-13,15H2,1-2H3,(H,24,27). The number of hydrogen-bond acceptors (Lipinski definition) is 6. The molecule has 8 nitrogen and oxygen atoms in total. The van der Waals surface area contributed by atoms with Crippen LogP contribution in [0.15, 0.2) is 53.4 Å². The highest BCUT2D eigenvalue weighted by Crippen LogP contribution is 2.19. The molecule has 0 aliphatic heterocycles. The number of rotatable bonds is 11. The Balaban J connectivity index is 1.85. The van der Waals surface area contributed by atoms with Crippen LogP contribution in [0.1, 0.15) is 37.0 Å². The lowest BCUT2D eigenvalue weighted by molar-refractivity contribution is -0.147. The van der Waals surface area contributed by atoms with Gasteiger partial charge >= 0.3 is 5.97 Å². The van der Waals surface area contributed by atoms with Crippen LogP contribution in [0.4, 0.5) is 5.69 Å². The number of hydrogen-bond donors (Lipinski definition) is 1. The molecule has 0 radical (unpaired) electrons. The lowest BCUT2D eigenvalue weighted by Gasteiger charge is -2.18. The van der Waals surface area contributed by atoms with Crippen molar-refractivity contribution in [1.29, 1.82) is 0 Å². The normalized spacial score (nSPS) is 11.2. The summed E-state index contributed by atoms with van der Waals surface area (Å²) in [6.45, 7) is 3.58. The van der Waals surface area contributed by atoms with Crippen LogP contribution < -0.4 is 5.32 Å². The van der Waals surface area contributed by atoms with Crippen molar-refractivity contribution in [2.75, 3.05) is 25.0 Å². The van der Waals surface area contributed by atoms with E-state index in [4.69, 9.17) is 16.3 Å². The van der Waals surface area contributed by atoms with Crippen molar-refractivity contribution in [2.24, 2.45) is 0 Å². The Kier molecular flexibility index (Phi) is 9.37. The molecule has 0 atom stereocenters. The van der Waals surface area contributed by atoms with Gasteiger partial charge in [0, 0.05) is 35.8 Å². The zero-order chi connectivity index (χ0) is 23.7. The monoisotopic (exact) mass is 480 g/mol. The van der Waals surface area contributed by atoms with Crippen molar-refractivity contribution in [1.82, 2.24) is 4.31 Å². The molecule has 1 amide bonds. The van der Waals surface area contributed by atoms with E-state index >= 15 is 0 Å². The number of carbonyl (C=O) groups is 3. The maximum absolute atomic E-state index is 12.6. The highest BCUT2D eigenvalue weighted by molar-refractivity contribution is 7.89. The molecule has 0 bridgehead atoms. The number of ether oxygens (including phenoxy) is 1. The number of amides is 1. The molecule has 0 aromatic heterocycles. The number of benzene rings is 2. The van der Waals surface area contributed by atoms with E-state index in [-0.39, 0.29) is 29.2 Å². The first-order valence-corrected chi connectivity index (χ1v) is 11.8. The van der Waals surface area contributed by atoms with E-state index < -0.39 is 28.5 Å². The van der Waals surface area contributed by atoms with Gasteiger partial charge in [-0.1, -0.05) is 31.5 Å². The number of halogens is 1. The van der Waals surface area contributed by atoms with E-state index in [1.807, 2.05) is 0 Å². The molecular weight excluding hydrogens is 456 g/mol. The third-order valence-corrected chi connectivity index (χ3v) is 6.85. The van der Waals surface area contributed by atoms with Crippen LogP contribution in [0, 0.1) is 0 Å². The smallest absolute Gasteiger partial charge is 0.306 e. The number of carbonyl (C=O) groups excluding carboxylic acids is 3. The number of ketones is 1. The summed E-state index contributed by atoms with van der Waals surface area (Å²) >= 11 is 5.78. The molecule has 0 saturated heterocycles. The Morgan fingerprint density at radius 3 is 2.28 bits per heavy atom. The van der Waals surface area contributed by atoms with E-state index in [2.05, 4.69) is 5.32 Å². The van der Waals surface area contributed by atoms with E-state index in [1.165, 1.54) is 28.6 Å². The number of sulfonamides is 1. The summed E-state index contributed by atoms with van der Waals surface area (Å²) < 4.78 is 31.4. The zero-order valence-corrected chi connectivity index (χ0v) is 19.4. The molecule has 0 fully saturated rings. The molecule has 0 saturated carbocycles. The fraction of sp³-hybridized carbons (Fsp3) is 0.318. The number of Topliss-reactive ketones (excluding diaryl/α,β-unsaturated/α-hetero) is 1. The van der Waals surface area contributed by atoms with Crippen LogP contribution in [-0.2, 0) is 24.3 Å². The molecule has 2 aromatic rings. The van der Waals surface area contributed by atoms with E-state index in [1.54, 1.807) is 38.1 Å². The van der Waals surface area contributed by atoms with Crippen molar-refractivity contribution in [2.45, 2.75) is 31.6 Å². The predicted octanol–water partition coefficient (Wildman–Crippen LogP) is 3.52. The van der Waals surface area contributed by atoms with Gasteiger partial charge in [0.25, 0.3) is 5.91 Å². The predicted molar refractivity (Wildman–Crippen MR) is 121 cm³/mol. The van der Waals surface area contributed by atoms with Crippen LogP contribution in [0.3, 0.4) is 0 Å². The summed E-state index contributed by atoms with van der Waals surface area (Å²) in [6, 6.07) is 12.1. The number of nitrogens with one attached hydrogen (secondary N) is 1. The summed E-state index contributed by atoms with van der Waals surface area (Å²) in [4.78, 5) is 36.1. The second kappa shape index (κ2) is 11.8. The third-order valence-electron chi connectivity index (χ3n) is 4.55. The lowest BCUT2D eigenvalue weighted by Crippen LogP contribution is -2.30. The van der Waals surface area contributed by atoms with Gasteiger partial charge in [-0.3, -0.25) is 14.4 Å². The molecule has 2 aromatic carbocycles. The van der Waals surface area contributed by atoms with Gasteiger partial charge in [-0.25, -0.2) is 8.42 Å². The molecule has 172 valence electrons. The summed E-state index contributed by atoms with van der Waals surface area (Å²) in [6.07, 6.45) is -0.236. The molecule has 0 aliphatic rings. The van der Waals surface area contributed by atoms with Crippen LogP contribution in [0.25, 0.3) is 0 Å². The quantitative estimate of drug-likeness (QED) is 0.389. The van der Waals surface area contributed by atoms with Gasteiger partial charge < -0.3 is 10.1 Å².